The summed E-state index contributed by atoms with van der Waals surface area (Å²) in [5.74, 6) is -0.150. The Labute approximate surface area is 140 Å². The molecule has 0 amide bonds. The first-order valence-corrected chi connectivity index (χ1v) is 8.89. The second kappa shape index (κ2) is 11.9. The Hall–Kier alpha value is -1.64. The first-order valence-electron chi connectivity index (χ1n) is 8.89. The Balaban J connectivity index is 2.27. The molecule has 23 heavy (non-hydrogen) atoms. The molecule has 0 aliphatic heterocycles. The summed E-state index contributed by atoms with van der Waals surface area (Å²) in [6.07, 6.45) is 20.5. The molecular formula is C20H30O3. The first-order chi connectivity index (χ1) is 11.1. The fourth-order valence-corrected chi connectivity index (χ4v) is 2.84. The molecule has 0 radical (unpaired) electrons. The summed E-state index contributed by atoms with van der Waals surface area (Å²) in [6, 6.07) is 0. The van der Waals surface area contributed by atoms with Gasteiger partial charge in [-0.1, -0.05) is 50.1 Å². The number of carboxylic acid groups (broad SMARTS) is 1. The van der Waals surface area contributed by atoms with E-state index in [4.69, 9.17) is 5.11 Å². The molecule has 0 saturated heterocycles. The number of hydrogen-bond acceptors (Lipinski definition) is 2. The number of carbonyl (C=O) groups is 2. The van der Waals surface area contributed by atoms with Gasteiger partial charge in [-0.15, -0.1) is 0 Å². The van der Waals surface area contributed by atoms with Gasteiger partial charge in [0.05, 0.1) is 0 Å². The number of allylic oxidation sites excluding steroid dienone is 6. The van der Waals surface area contributed by atoms with Crippen LogP contribution in [0.25, 0.3) is 0 Å². The number of rotatable bonds is 12. The standard InChI is InChI=1S/C20H30O3/c1-2-3-4-5-6-9-12-17-15-16-19(21)18(17)13-10-7-8-11-14-20(22)23/h6-7,9-10,15-18H,2-5,8,11-14H2,1H3,(H,22,23). The maximum atomic E-state index is 11.9. The van der Waals surface area contributed by atoms with Crippen molar-refractivity contribution >= 4 is 11.8 Å². The van der Waals surface area contributed by atoms with Gasteiger partial charge in [-0.3, -0.25) is 9.59 Å². The van der Waals surface area contributed by atoms with Crippen molar-refractivity contribution in [3.63, 3.8) is 0 Å². The van der Waals surface area contributed by atoms with Crippen molar-refractivity contribution < 1.29 is 14.7 Å². The molecule has 0 spiro atoms. The third-order valence-electron chi connectivity index (χ3n) is 4.26. The van der Waals surface area contributed by atoms with Crippen molar-refractivity contribution in [2.24, 2.45) is 11.8 Å². The maximum absolute atomic E-state index is 11.9. The third kappa shape index (κ3) is 8.53. The highest BCUT2D eigenvalue weighted by Gasteiger charge is 2.27. The van der Waals surface area contributed by atoms with E-state index in [2.05, 4.69) is 19.1 Å². The van der Waals surface area contributed by atoms with Crippen LogP contribution in [0.4, 0.5) is 0 Å². The molecule has 128 valence electrons. The Kier molecular flexibility index (Phi) is 10.0. The number of carboxylic acids is 1. The second-order valence-electron chi connectivity index (χ2n) is 6.23. The van der Waals surface area contributed by atoms with Crippen molar-refractivity contribution in [2.45, 2.75) is 64.7 Å². The predicted octanol–water partition coefficient (Wildman–Crippen LogP) is 5.09. The zero-order chi connectivity index (χ0) is 16.9. The van der Waals surface area contributed by atoms with Crippen LogP contribution in [-0.4, -0.2) is 16.9 Å². The molecule has 1 aliphatic rings. The molecule has 3 heteroatoms. The van der Waals surface area contributed by atoms with E-state index < -0.39 is 5.97 Å². The van der Waals surface area contributed by atoms with Crippen LogP contribution in [0.5, 0.6) is 0 Å². The average Bonchev–Trinajstić information content (AvgIpc) is 2.86. The zero-order valence-corrected chi connectivity index (χ0v) is 14.2. The summed E-state index contributed by atoms with van der Waals surface area (Å²) in [5.41, 5.74) is 0. The highest BCUT2D eigenvalue weighted by Crippen LogP contribution is 2.29. The zero-order valence-electron chi connectivity index (χ0n) is 14.2. The number of carbonyl (C=O) groups excluding carboxylic acids is 1. The van der Waals surface area contributed by atoms with Crippen LogP contribution >= 0.6 is 0 Å². The summed E-state index contributed by atoms with van der Waals surface area (Å²) in [4.78, 5) is 22.4. The summed E-state index contributed by atoms with van der Waals surface area (Å²) in [7, 11) is 0. The van der Waals surface area contributed by atoms with E-state index in [1.54, 1.807) is 6.08 Å². The van der Waals surface area contributed by atoms with Crippen LogP contribution < -0.4 is 0 Å². The second-order valence-corrected chi connectivity index (χ2v) is 6.23. The average molecular weight is 318 g/mol. The van der Waals surface area contributed by atoms with E-state index in [9.17, 15) is 9.59 Å². The minimum Gasteiger partial charge on any atom is -0.481 e. The molecule has 2 unspecified atom stereocenters. The van der Waals surface area contributed by atoms with Crippen molar-refractivity contribution in [3.8, 4) is 0 Å². The Morgan fingerprint density at radius 1 is 1.09 bits per heavy atom. The van der Waals surface area contributed by atoms with Crippen LogP contribution in [0.1, 0.15) is 64.7 Å². The fourth-order valence-electron chi connectivity index (χ4n) is 2.84. The molecule has 2 atom stereocenters. The number of ketones is 1. The molecule has 0 bridgehead atoms. The van der Waals surface area contributed by atoms with Crippen LogP contribution in [-0.2, 0) is 9.59 Å². The van der Waals surface area contributed by atoms with Crippen LogP contribution in [0.3, 0.4) is 0 Å². The van der Waals surface area contributed by atoms with Gasteiger partial charge in [0.15, 0.2) is 5.78 Å². The quantitative estimate of drug-likeness (QED) is 0.403. The largest absolute Gasteiger partial charge is 0.481 e. The molecule has 0 aromatic carbocycles. The molecule has 0 heterocycles. The Bertz CT molecular complexity index is 446. The summed E-state index contributed by atoms with van der Waals surface area (Å²) in [6.45, 7) is 2.21. The van der Waals surface area contributed by atoms with Crippen molar-refractivity contribution in [1.29, 1.82) is 0 Å². The highest BCUT2D eigenvalue weighted by atomic mass is 16.4. The SMILES string of the molecule is CCCCCC=CCC1C=CC(=O)C1CC=CCCCC(=O)O. The lowest BCUT2D eigenvalue weighted by atomic mass is 9.88. The molecule has 0 fully saturated rings. The van der Waals surface area contributed by atoms with E-state index in [0.717, 1.165) is 25.7 Å². The minimum absolute atomic E-state index is 0.0611. The van der Waals surface area contributed by atoms with Crippen molar-refractivity contribution in [1.82, 2.24) is 0 Å². The van der Waals surface area contributed by atoms with E-state index >= 15 is 0 Å². The highest BCUT2D eigenvalue weighted by molar-refractivity contribution is 5.94. The van der Waals surface area contributed by atoms with Gasteiger partial charge in [-0.25, -0.2) is 0 Å². The molecule has 1 rings (SSSR count). The first kappa shape index (κ1) is 19.4. The monoisotopic (exact) mass is 318 g/mol. The third-order valence-corrected chi connectivity index (χ3v) is 4.26. The Morgan fingerprint density at radius 2 is 1.78 bits per heavy atom. The molecule has 0 saturated carbocycles. The summed E-state index contributed by atoms with van der Waals surface area (Å²) in [5, 5.41) is 8.58. The molecule has 1 aliphatic carbocycles. The van der Waals surface area contributed by atoms with Crippen LogP contribution in [0.2, 0.25) is 0 Å². The fraction of sp³-hybridized carbons (Fsp3) is 0.600. The molecule has 0 aromatic rings. The normalized spacial score (nSPS) is 21.0. The van der Waals surface area contributed by atoms with Gasteiger partial charge in [-0.05, 0) is 50.5 Å². The van der Waals surface area contributed by atoms with E-state index in [-0.39, 0.29) is 18.1 Å². The summed E-state index contributed by atoms with van der Waals surface area (Å²) < 4.78 is 0. The van der Waals surface area contributed by atoms with Gasteiger partial charge < -0.3 is 5.11 Å². The number of hydrogen-bond donors (Lipinski definition) is 1. The molecule has 3 nitrogen and oxygen atoms in total. The van der Waals surface area contributed by atoms with E-state index in [1.807, 2.05) is 18.2 Å². The van der Waals surface area contributed by atoms with Gasteiger partial charge >= 0.3 is 5.97 Å². The van der Waals surface area contributed by atoms with Crippen LogP contribution in [0, 0.1) is 11.8 Å². The van der Waals surface area contributed by atoms with Gasteiger partial charge in [0.25, 0.3) is 0 Å². The van der Waals surface area contributed by atoms with E-state index in [0.29, 0.717) is 12.3 Å². The lowest BCUT2D eigenvalue weighted by Gasteiger charge is -2.14. The summed E-state index contributed by atoms with van der Waals surface area (Å²) >= 11 is 0. The smallest absolute Gasteiger partial charge is 0.303 e. The van der Waals surface area contributed by atoms with Crippen LogP contribution in [0.15, 0.2) is 36.5 Å². The molecular weight excluding hydrogens is 288 g/mol. The number of unbranched alkanes of at least 4 members (excludes halogenated alkanes) is 4. The van der Waals surface area contributed by atoms with Crippen molar-refractivity contribution in [3.05, 3.63) is 36.5 Å². The molecule has 0 aromatic heterocycles. The van der Waals surface area contributed by atoms with Gasteiger partial charge in [0.1, 0.15) is 0 Å². The topological polar surface area (TPSA) is 54.4 Å². The number of aliphatic carboxylic acids is 1. The molecule has 1 N–H and O–H groups in total. The maximum Gasteiger partial charge on any atom is 0.303 e. The lowest BCUT2D eigenvalue weighted by molar-refractivity contribution is -0.137. The van der Waals surface area contributed by atoms with E-state index in [1.165, 1.54) is 19.3 Å². The van der Waals surface area contributed by atoms with Gasteiger partial charge in [0, 0.05) is 12.3 Å². The van der Waals surface area contributed by atoms with Crippen molar-refractivity contribution in [2.75, 3.05) is 0 Å². The van der Waals surface area contributed by atoms with Gasteiger partial charge in [0.2, 0.25) is 0 Å². The Morgan fingerprint density at radius 3 is 2.48 bits per heavy atom. The van der Waals surface area contributed by atoms with Gasteiger partial charge in [-0.2, -0.15) is 0 Å². The predicted molar refractivity (Wildman–Crippen MR) is 94.3 cm³/mol. The lowest BCUT2D eigenvalue weighted by Crippen LogP contribution is -2.14. The minimum atomic E-state index is -0.751.